The van der Waals surface area contributed by atoms with Gasteiger partial charge in [0.25, 0.3) is 0 Å². The van der Waals surface area contributed by atoms with E-state index < -0.39 is 5.82 Å². The van der Waals surface area contributed by atoms with Gasteiger partial charge in [-0.1, -0.05) is 11.6 Å². The topological polar surface area (TPSA) is 41.9 Å². The molecule has 2 rings (SSSR count). The standard InChI is InChI=1S/C15H18ClFN4S/c1-4-21-8-12(10(3)20-21)9(2)18-15(22)19-11-5-6-14(17)13(16)7-11/h5-9H,4H2,1-3H3,(H2,18,19,22)/t9-/m1/s1. The molecular formula is C15H18ClFN4S. The van der Waals surface area contributed by atoms with Crippen molar-refractivity contribution in [1.82, 2.24) is 15.1 Å². The van der Waals surface area contributed by atoms with Crippen LogP contribution in [0.5, 0.6) is 0 Å². The van der Waals surface area contributed by atoms with E-state index in [1.54, 1.807) is 6.07 Å². The molecule has 1 heterocycles. The lowest BCUT2D eigenvalue weighted by Crippen LogP contribution is -2.31. The Labute approximate surface area is 139 Å². The number of nitrogens with zero attached hydrogens (tertiary/aromatic N) is 2. The number of rotatable bonds is 4. The summed E-state index contributed by atoms with van der Waals surface area (Å²) in [6, 6.07) is 4.39. The van der Waals surface area contributed by atoms with Crippen molar-refractivity contribution in [3.05, 3.63) is 46.5 Å². The van der Waals surface area contributed by atoms with Crippen LogP contribution >= 0.6 is 23.8 Å². The molecule has 0 amide bonds. The summed E-state index contributed by atoms with van der Waals surface area (Å²) >= 11 is 11.0. The molecule has 0 aliphatic rings. The van der Waals surface area contributed by atoms with Crippen LogP contribution in [0.25, 0.3) is 0 Å². The lowest BCUT2D eigenvalue weighted by atomic mass is 10.1. The smallest absolute Gasteiger partial charge is 0.171 e. The Bertz CT molecular complexity index is 686. The quantitative estimate of drug-likeness (QED) is 0.824. The summed E-state index contributed by atoms with van der Waals surface area (Å²) in [7, 11) is 0. The first-order valence-electron chi connectivity index (χ1n) is 6.97. The van der Waals surface area contributed by atoms with E-state index in [4.69, 9.17) is 23.8 Å². The predicted octanol–water partition coefficient (Wildman–Crippen LogP) is 4.05. The highest BCUT2D eigenvalue weighted by Crippen LogP contribution is 2.20. The molecule has 2 N–H and O–H groups in total. The van der Waals surface area contributed by atoms with Gasteiger partial charge in [0.05, 0.1) is 16.8 Å². The number of hydrogen-bond acceptors (Lipinski definition) is 2. The molecule has 4 nitrogen and oxygen atoms in total. The van der Waals surface area contributed by atoms with Gasteiger partial charge in [0, 0.05) is 24.0 Å². The Hall–Kier alpha value is -1.66. The number of aromatic nitrogens is 2. The Morgan fingerprint density at radius 1 is 1.50 bits per heavy atom. The molecule has 0 aliphatic carbocycles. The maximum absolute atomic E-state index is 13.1. The lowest BCUT2D eigenvalue weighted by Gasteiger charge is -2.16. The van der Waals surface area contributed by atoms with E-state index in [1.807, 2.05) is 31.6 Å². The van der Waals surface area contributed by atoms with E-state index in [1.165, 1.54) is 12.1 Å². The first-order chi connectivity index (χ1) is 10.4. The van der Waals surface area contributed by atoms with Crippen LogP contribution in [0.3, 0.4) is 0 Å². The van der Waals surface area contributed by atoms with Crippen molar-refractivity contribution < 1.29 is 4.39 Å². The van der Waals surface area contributed by atoms with E-state index in [9.17, 15) is 4.39 Å². The fourth-order valence-electron chi connectivity index (χ4n) is 2.14. The molecule has 1 aromatic carbocycles. The zero-order valence-electron chi connectivity index (χ0n) is 12.7. The molecule has 0 spiro atoms. The molecule has 0 bridgehead atoms. The summed E-state index contributed by atoms with van der Waals surface area (Å²) in [6.07, 6.45) is 2.00. The molecule has 0 radical (unpaired) electrons. The summed E-state index contributed by atoms with van der Waals surface area (Å²) in [5.41, 5.74) is 2.69. The minimum atomic E-state index is -0.456. The summed E-state index contributed by atoms with van der Waals surface area (Å²) < 4.78 is 15.0. The van der Waals surface area contributed by atoms with Crippen molar-refractivity contribution in [3.63, 3.8) is 0 Å². The summed E-state index contributed by atoms with van der Waals surface area (Å²) in [6.45, 7) is 6.84. The summed E-state index contributed by atoms with van der Waals surface area (Å²) in [5.74, 6) is -0.456. The Morgan fingerprint density at radius 3 is 2.82 bits per heavy atom. The Balaban J connectivity index is 2.01. The van der Waals surface area contributed by atoms with Crippen LogP contribution in [0.1, 0.15) is 31.1 Å². The average Bonchev–Trinajstić information content (AvgIpc) is 2.84. The first-order valence-corrected chi connectivity index (χ1v) is 7.75. The van der Waals surface area contributed by atoms with Crippen LogP contribution < -0.4 is 10.6 Å². The fourth-order valence-corrected chi connectivity index (χ4v) is 2.61. The van der Waals surface area contributed by atoms with Gasteiger partial charge in [0.1, 0.15) is 5.82 Å². The first kappa shape index (κ1) is 16.7. The molecular weight excluding hydrogens is 323 g/mol. The lowest BCUT2D eigenvalue weighted by molar-refractivity contribution is 0.628. The summed E-state index contributed by atoms with van der Waals surface area (Å²) in [4.78, 5) is 0. The van der Waals surface area contributed by atoms with Crippen molar-refractivity contribution in [1.29, 1.82) is 0 Å². The van der Waals surface area contributed by atoms with Crippen molar-refractivity contribution in [3.8, 4) is 0 Å². The third kappa shape index (κ3) is 3.96. The normalized spacial score (nSPS) is 12.0. The monoisotopic (exact) mass is 340 g/mol. The number of aryl methyl sites for hydroxylation is 2. The van der Waals surface area contributed by atoms with Gasteiger partial charge in [-0.3, -0.25) is 4.68 Å². The van der Waals surface area contributed by atoms with Gasteiger partial charge in [0.2, 0.25) is 0 Å². The van der Waals surface area contributed by atoms with Crippen LogP contribution in [0.2, 0.25) is 5.02 Å². The number of thiocarbonyl (C=S) groups is 1. The summed E-state index contributed by atoms with van der Waals surface area (Å²) in [5, 5.41) is 11.1. The van der Waals surface area contributed by atoms with E-state index in [2.05, 4.69) is 15.7 Å². The average molecular weight is 341 g/mol. The SMILES string of the molecule is CCn1cc([C@@H](C)NC(=S)Nc2ccc(F)c(Cl)c2)c(C)n1. The van der Waals surface area contributed by atoms with E-state index in [0.717, 1.165) is 17.8 Å². The molecule has 0 aliphatic heterocycles. The minimum absolute atomic E-state index is 0.0104. The van der Waals surface area contributed by atoms with Gasteiger partial charge in [0.15, 0.2) is 5.11 Å². The predicted molar refractivity (Wildman–Crippen MR) is 91.8 cm³/mol. The van der Waals surface area contributed by atoms with Crippen molar-refractivity contribution >= 4 is 34.6 Å². The number of halogens is 2. The molecule has 0 unspecified atom stereocenters. The van der Waals surface area contributed by atoms with Crippen LogP contribution in [0, 0.1) is 12.7 Å². The molecule has 118 valence electrons. The van der Waals surface area contributed by atoms with Crippen LogP contribution in [-0.2, 0) is 6.54 Å². The van der Waals surface area contributed by atoms with Crippen LogP contribution in [0.15, 0.2) is 24.4 Å². The second kappa shape index (κ2) is 7.07. The maximum atomic E-state index is 13.1. The van der Waals surface area contributed by atoms with Gasteiger partial charge >= 0.3 is 0 Å². The third-order valence-corrected chi connectivity index (χ3v) is 3.81. The molecule has 0 fully saturated rings. The largest absolute Gasteiger partial charge is 0.356 e. The molecule has 22 heavy (non-hydrogen) atoms. The number of hydrogen-bond donors (Lipinski definition) is 2. The van der Waals surface area contributed by atoms with E-state index in [0.29, 0.717) is 10.8 Å². The number of benzene rings is 1. The molecule has 1 atom stereocenters. The highest BCUT2D eigenvalue weighted by molar-refractivity contribution is 7.80. The highest BCUT2D eigenvalue weighted by Gasteiger charge is 2.13. The fraction of sp³-hybridized carbons (Fsp3) is 0.333. The van der Waals surface area contributed by atoms with Crippen molar-refractivity contribution in [2.45, 2.75) is 33.4 Å². The Morgan fingerprint density at radius 2 is 2.23 bits per heavy atom. The van der Waals surface area contributed by atoms with Gasteiger partial charge in [-0.25, -0.2) is 4.39 Å². The number of anilines is 1. The minimum Gasteiger partial charge on any atom is -0.356 e. The van der Waals surface area contributed by atoms with Gasteiger partial charge in [-0.15, -0.1) is 0 Å². The Kier molecular flexibility index (Phi) is 5.37. The van der Waals surface area contributed by atoms with Gasteiger partial charge in [-0.05, 0) is 51.2 Å². The van der Waals surface area contributed by atoms with E-state index >= 15 is 0 Å². The van der Waals surface area contributed by atoms with E-state index in [-0.39, 0.29) is 11.1 Å². The second-order valence-corrected chi connectivity index (χ2v) is 5.79. The zero-order valence-corrected chi connectivity index (χ0v) is 14.2. The third-order valence-electron chi connectivity index (χ3n) is 3.30. The van der Waals surface area contributed by atoms with Crippen molar-refractivity contribution in [2.24, 2.45) is 0 Å². The molecule has 0 saturated carbocycles. The van der Waals surface area contributed by atoms with Crippen LogP contribution in [0.4, 0.5) is 10.1 Å². The van der Waals surface area contributed by atoms with Crippen LogP contribution in [-0.4, -0.2) is 14.9 Å². The number of nitrogens with one attached hydrogen (secondary N) is 2. The highest BCUT2D eigenvalue weighted by atomic mass is 35.5. The molecule has 1 aromatic heterocycles. The zero-order chi connectivity index (χ0) is 16.3. The molecule has 7 heteroatoms. The molecule has 0 saturated heterocycles. The van der Waals surface area contributed by atoms with Gasteiger partial charge in [-0.2, -0.15) is 5.10 Å². The van der Waals surface area contributed by atoms with Gasteiger partial charge < -0.3 is 10.6 Å². The second-order valence-electron chi connectivity index (χ2n) is 4.97. The maximum Gasteiger partial charge on any atom is 0.171 e. The van der Waals surface area contributed by atoms with Crippen molar-refractivity contribution in [2.75, 3.05) is 5.32 Å². The molecule has 2 aromatic rings.